The van der Waals surface area contributed by atoms with Crippen molar-refractivity contribution in [2.45, 2.75) is 19.4 Å². The number of aliphatic imine (C=N–C) groups is 1. The molecule has 8 heteroatoms. The molecule has 0 saturated heterocycles. The first-order chi connectivity index (χ1) is 12.8. The Morgan fingerprint density at radius 2 is 1.93 bits per heavy atom. The summed E-state index contributed by atoms with van der Waals surface area (Å²) in [5.74, 6) is 0.323. The highest BCUT2D eigenvalue weighted by atomic mass is 127. The first-order valence-corrected chi connectivity index (χ1v) is 9.35. The maximum Gasteiger partial charge on any atom is 0.253 e. The molecule has 0 fully saturated rings. The molecule has 2 aromatic rings. The van der Waals surface area contributed by atoms with Crippen LogP contribution in [0.1, 0.15) is 34.5 Å². The maximum atomic E-state index is 12.0. The second kappa shape index (κ2) is 11.5. The van der Waals surface area contributed by atoms with Gasteiger partial charge in [0, 0.05) is 36.2 Å². The van der Waals surface area contributed by atoms with Crippen molar-refractivity contribution in [3.8, 4) is 0 Å². The van der Waals surface area contributed by atoms with Crippen LogP contribution in [-0.4, -0.2) is 37.4 Å². The van der Waals surface area contributed by atoms with Gasteiger partial charge in [0.25, 0.3) is 5.91 Å². The molecule has 0 saturated carbocycles. The lowest BCUT2D eigenvalue weighted by Gasteiger charge is -2.16. The van der Waals surface area contributed by atoms with E-state index in [-0.39, 0.29) is 35.9 Å². The molecule has 0 bridgehead atoms. The Labute approximate surface area is 193 Å². The molecule has 2 aromatic carbocycles. The Morgan fingerprint density at radius 1 is 1.21 bits per heavy atom. The van der Waals surface area contributed by atoms with E-state index in [0.29, 0.717) is 34.5 Å². The molecule has 2 rings (SSSR count). The highest BCUT2D eigenvalue weighted by Crippen LogP contribution is 2.25. The van der Waals surface area contributed by atoms with Crippen molar-refractivity contribution in [1.82, 2.24) is 10.2 Å². The van der Waals surface area contributed by atoms with E-state index in [4.69, 9.17) is 28.9 Å². The number of amides is 1. The van der Waals surface area contributed by atoms with E-state index in [0.717, 1.165) is 11.1 Å². The summed E-state index contributed by atoms with van der Waals surface area (Å²) < 4.78 is 0. The van der Waals surface area contributed by atoms with E-state index in [2.05, 4.69) is 10.3 Å². The number of hydrogen-bond acceptors (Lipinski definition) is 2. The number of nitrogens with one attached hydrogen (secondary N) is 1. The average molecular weight is 535 g/mol. The number of carbonyl (C=O) groups excluding carboxylic acids is 1. The minimum Gasteiger partial charge on any atom is -0.370 e. The smallest absolute Gasteiger partial charge is 0.253 e. The normalized spacial score (nSPS) is 12.1. The van der Waals surface area contributed by atoms with Crippen LogP contribution in [0.15, 0.2) is 47.5 Å². The van der Waals surface area contributed by atoms with Crippen LogP contribution in [-0.2, 0) is 6.42 Å². The van der Waals surface area contributed by atoms with Crippen LogP contribution >= 0.6 is 47.2 Å². The SMILES string of the molecule is CC(NC(N)=NCCc1cccc(C(=O)N(C)C)c1)c1ccc(Cl)cc1Cl.I. The molecular formula is C20H25Cl2IN4O. The summed E-state index contributed by atoms with van der Waals surface area (Å²) in [6, 6.07) is 12.8. The number of benzene rings is 2. The van der Waals surface area contributed by atoms with Gasteiger partial charge in [-0.3, -0.25) is 9.79 Å². The summed E-state index contributed by atoms with van der Waals surface area (Å²) in [5, 5.41) is 4.30. The Hall–Kier alpha value is -1.51. The summed E-state index contributed by atoms with van der Waals surface area (Å²) in [6.07, 6.45) is 0.688. The van der Waals surface area contributed by atoms with Crippen molar-refractivity contribution in [3.05, 3.63) is 69.2 Å². The van der Waals surface area contributed by atoms with E-state index in [1.807, 2.05) is 37.3 Å². The van der Waals surface area contributed by atoms with Crippen molar-refractivity contribution >= 4 is 59.0 Å². The van der Waals surface area contributed by atoms with E-state index in [1.54, 1.807) is 31.1 Å². The van der Waals surface area contributed by atoms with Gasteiger partial charge in [0.2, 0.25) is 0 Å². The summed E-state index contributed by atoms with van der Waals surface area (Å²) in [5.41, 5.74) is 8.58. The number of guanidine groups is 1. The molecular weight excluding hydrogens is 510 g/mol. The van der Waals surface area contributed by atoms with Gasteiger partial charge in [0.15, 0.2) is 5.96 Å². The molecule has 5 nitrogen and oxygen atoms in total. The Morgan fingerprint density at radius 3 is 2.57 bits per heavy atom. The largest absolute Gasteiger partial charge is 0.370 e. The first-order valence-electron chi connectivity index (χ1n) is 8.60. The zero-order valence-corrected chi connectivity index (χ0v) is 19.9. The number of halogens is 3. The minimum atomic E-state index is -0.0976. The molecule has 0 radical (unpaired) electrons. The van der Waals surface area contributed by atoms with Crippen LogP contribution in [0.25, 0.3) is 0 Å². The monoisotopic (exact) mass is 534 g/mol. The predicted octanol–water partition coefficient (Wildman–Crippen LogP) is 4.52. The molecule has 0 heterocycles. The van der Waals surface area contributed by atoms with Crippen molar-refractivity contribution in [2.24, 2.45) is 10.7 Å². The molecule has 0 aliphatic heterocycles. The van der Waals surface area contributed by atoms with Crippen LogP contribution in [0.3, 0.4) is 0 Å². The fourth-order valence-electron chi connectivity index (χ4n) is 2.62. The van der Waals surface area contributed by atoms with Crippen LogP contribution < -0.4 is 11.1 Å². The summed E-state index contributed by atoms with van der Waals surface area (Å²) in [4.78, 5) is 18.0. The van der Waals surface area contributed by atoms with Gasteiger partial charge < -0.3 is 16.0 Å². The summed E-state index contributed by atoms with van der Waals surface area (Å²) >= 11 is 12.1. The number of nitrogens with zero attached hydrogens (tertiary/aromatic N) is 2. The Kier molecular flexibility index (Phi) is 10.1. The van der Waals surface area contributed by atoms with Gasteiger partial charge in [-0.15, -0.1) is 24.0 Å². The highest BCUT2D eigenvalue weighted by molar-refractivity contribution is 14.0. The molecule has 0 spiro atoms. The van der Waals surface area contributed by atoms with Gasteiger partial charge in [-0.25, -0.2) is 0 Å². The van der Waals surface area contributed by atoms with Gasteiger partial charge in [0.05, 0.1) is 6.04 Å². The molecule has 3 N–H and O–H groups in total. The Balaban J connectivity index is 0.00000392. The van der Waals surface area contributed by atoms with E-state index in [9.17, 15) is 4.79 Å². The van der Waals surface area contributed by atoms with Crippen molar-refractivity contribution in [3.63, 3.8) is 0 Å². The molecule has 1 amide bonds. The van der Waals surface area contributed by atoms with Gasteiger partial charge in [-0.1, -0.05) is 41.4 Å². The third-order valence-electron chi connectivity index (χ3n) is 4.06. The molecule has 0 aliphatic carbocycles. The third-order valence-corrected chi connectivity index (χ3v) is 4.62. The lowest BCUT2D eigenvalue weighted by Crippen LogP contribution is -2.34. The van der Waals surface area contributed by atoms with E-state index in [1.165, 1.54) is 0 Å². The quantitative estimate of drug-likeness (QED) is 0.325. The highest BCUT2D eigenvalue weighted by Gasteiger charge is 2.11. The van der Waals surface area contributed by atoms with E-state index >= 15 is 0 Å². The minimum absolute atomic E-state index is 0. The third kappa shape index (κ3) is 7.14. The molecule has 0 aliphatic rings. The van der Waals surface area contributed by atoms with Gasteiger partial charge in [-0.05, 0) is 48.7 Å². The second-order valence-corrected chi connectivity index (χ2v) is 7.29. The number of hydrogen-bond donors (Lipinski definition) is 2. The molecule has 28 heavy (non-hydrogen) atoms. The van der Waals surface area contributed by atoms with Crippen LogP contribution in [0, 0.1) is 0 Å². The standard InChI is InChI=1S/C20H24Cl2N4O.HI/c1-13(17-8-7-16(21)12-18(17)22)25-20(23)24-10-9-14-5-4-6-15(11-14)19(27)26(2)3;/h4-8,11-13H,9-10H2,1-3H3,(H3,23,24,25);1H. The molecule has 1 atom stereocenters. The lowest BCUT2D eigenvalue weighted by molar-refractivity contribution is 0.0827. The average Bonchev–Trinajstić information content (AvgIpc) is 2.61. The first kappa shape index (κ1) is 24.5. The summed E-state index contributed by atoms with van der Waals surface area (Å²) in [6.45, 7) is 2.47. The zero-order valence-electron chi connectivity index (χ0n) is 16.1. The van der Waals surface area contributed by atoms with Gasteiger partial charge >= 0.3 is 0 Å². The van der Waals surface area contributed by atoms with Crippen LogP contribution in [0.4, 0.5) is 0 Å². The van der Waals surface area contributed by atoms with Crippen LogP contribution in [0.5, 0.6) is 0 Å². The van der Waals surface area contributed by atoms with Crippen LogP contribution in [0.2, 0.25) is 10.0 Å². The number of nitrogens with two attached hydrogens (primary N) is 1. The topological polar surface area (TPSA) is 70.7 Å². The summed E-state index contributed by atoms with van der Waals surface area (Å²) in [7, 11) is 3.47. The fraction of sp³-hybridized carbons (Fsp3) is 0.300. The second-order valence-electron chi connectivity index (χ2n) is 6.45. The Bertz CT molecular complexity index is 843. The molecule has 0 aromatic heterocycles. The predicted molar refractivity (Wildman–Crippen MR) is 128 cm³/mol. The van der Waals surface area contributed by atoms with Gasteiger partial charge in [-0.2, -0.15) is 0 Å². The molecule has 152 valence electrons. The fourth-order valence-corrected chi connectivity index (χ4v) is 3.19. The molecule has 1 unspecified atom stereocenters. The maximum absolute atomic E-state index is 12.0. The lowest BCUT2D eigenvalue weighted by atomic mass is 10.1. The van der Waals surface area contributed by atoms with Crippen molar-refractivity contribution in [1.29, 1.82) is 0 Å². The van der Waals surface area contributed by atoms with E-state index < -0.39 is 0 Å². The van der Waals surface area contributed by atoms with Crippen molar-refractivity contribution in [2.75, 3.05) is 20.6 Å². The van der Waals surface area contributed by atoms with Gasteiger partial charge in [0.1, 0.15) is 0 Å². The number of carbonyl (C=O) groups is 1. The zero-order chi connectivity index (χ0) is 20.0. The van der Waals surface area contributed by atoms with Crippen molar-refractivity contribution < 1.29 is 4.79 Å². The number of rotatable bonds is 6.